The molecular formula is C24H32N6O2. The first kappa shape index (κ1) is 22.2. The Morgan fingerprint density at radius 2 is 1.72 bits per heavy atom. The molecule has 8 heteroatoms. The Morgan fingerprint density at radius 3 is 2.41 bits per heavy atom. The molecule has 4 rings (SSSR count). The van der Waals surface area contributed by atoms with Gasteiger partial charge in [-0.25, -0.2) is 4.98 Å². The Bertz CT molecular complexity index is 983. The third-order valence-electron chi connectivity index (χ3n) is 6.13. The molecule has 170 valence electrons. The minimum atomic E-state index is -0.296. The number of aromatic nitrogens is 2. The summed E-state index contributed by atoms with van der Waals surface area (Å²) in [5.74, 6) is 0.182. The van der Waals surface area contributed by atoms with Crippen molar-refractivity contribution in [3.63, 3.8) is 0 Å². The van der Waals surface area contributed by atoms with Gasteiger partial charge in [-0.15, -0.1) is 0 Å². The van der Waals surface area contributed by atoms with Crippen molar-refractivity contribution in [3.8, 4) is 0 Å². The normalized spacial score (nSPS) is 16.9. The van der Waals surface area contributed by atoms with Crippen molar-refractivity contribution in [1.29, 1.82) is 0 Å². The lowest BCUT2D eigenvalue weighted by molar-refractivity contribution is 0.0935. The molecule has 1 unspecified atom stereocenters. The number of nitrogens with zero attached hydrogens (tertiary/aromatic N) is 3. The SMILES string of the molecule is CC(C)NC(=O)c1nc(NC(=O)c2ccc(C(C)N3CCCCC3)cc2)nc2c1CCN2. The van der Waals surface area contributed by atoms with E-state index in [4.69, 9.17) is 0 Å². The molecule has 1 aromatic carbocycles. The van der Waals surface area contributed by atoms with E-state index in [9.17, 15) is 9.59 Å². The van der Waals surface area contributed by atoms with E-state index >= 15 is 0 Å². The van der Waals surface area contributed by atoms with Gasteiger partial charge >= 0.3 is 0 Å². The van der Waals surface area contributed by atoms with Crippen LogP contribution >= 0.6 is 0 Å². The van der Waals surface area contributed by atoms with E-state index in [-0.39, 0.29) is 23.8 Å². The second-order valence-electron chi connectivity index (χ2n) is 8.88. The van der Waals surface area contributed by atoms with E-state index in [1.807, 2.05) is 38.1 Å². The standard InChI is InChI=1S/C24H32N6O2/c1-15(2)26-23(32)20-19-11-12-25-21(19)28-24(27-20)29-22(31)18-9-7-17(8-10-18)16(3)30-13-5-4-6-14-30/h7-10,15-16H,4-6,11-14H2,1-3H3,(H,26,32)(H2,25,27,28,29,31). The zero-order chi connectivity index (χ0) is 22.7. The maximum absolute atomic E-state index is 12.8. The number of anilines is 2. The van der Waals surface area contributed by atoms with E-state index in [1.54, 1.807) is 0 Å². The van der Waals surface area contributed by atoms with Gasteiger partial charge in [0.05, 0.1) is 0 Å². The highest BCUT2D eigenvalue weighted by atomic mass is 16.2. The number of amides is 2. The van der Waals surface area contributed by atoms with Crippen LogP contribution in [0.5, 0.6) is 0 Å². The molecule has 1 atom stereocenters. The first-order valence-corrected chi connectivity index (χ1v) is 11.5. The van der Waals surface area contributed by atoms with Crippen LogP contribution in [0.15, 0.2) is 24.3 Å². The highest BCUT2D eigenvalue weighted by Gasteiger charge is 2.25. The van der Waals surface area contributed by atoms with Gasteiger partial charge in [0.1, 0.15) is 11.5 Å². The molecule has 1 saturated heterocycles. The van der Waals surface area contributed by atoms with Gasteiger partial charge in [0.15, 0.2) is 0 Å². The predicted molar refractivity (Wildman–Crippen MR) is 125 cm³/mol. The second kappa shape index (κ2) is 9.65. The lowest BCUT2D eigenvalue weighted by atomic mass is 10.0. The van der Waals surface area contributed by atoms with Gasteiger partial charge in [0.2, 0.25) is 5.95 Å². The van der Waals surface area contributed by atoms with Gasteiger partial charge in [-0.05, 0) is 70.8 Å². The van der Waals surface area contributed by atoms with Gasteiger partial charge in [-0.2, -0.15) is 4.98 Å². The summed E-state index contributed by atoms with van der Waals surface area (Å²) >= 11 is 0. The van der Waals surface area contributed by atoms with Crippen LogP contribution in [0, 0.1) is 0 Å². The Labute approximate surface area is 189 Å². The summed E-state index contributed by atoms with van der Waals surface area (Å²) in [6, 6.07) is 8.03. The fraction of sp³-hybridized carbons (Fsp3) is 0.500. The number of nitrogens with one attached hydrogen (secondary N) is 3. The van der Waals surface area contributed by atoms with Crippen LogP contribution in [0.4, 0.5) is 11.8 Å². The third kappa shape index (κ3) is 4.91. The number of carbonyl (C=O) groups excluding carboxylic acids is 2. The largest absolute Gasteiger partial charge is 0.369 e. The Morgan fingerprint density at radius 1 is 1.00 bits per heavy atom. The third-order valence-corrected chi connectivity index (χ3v) is 6.13. The van der Waals surface area contributed by atoms with Gasteiger partial charge in [0, 0.05) is 29.8 Å². The molecule has 3 N–H and O–H groups in total. The second-order valence-corrected chi connectivity index (χ2v) is 8.88. The smallest absolute Gasteiger partial charge is 0.270 e. The minimum absolute atomic E-state index is 0.00800. The number of likely N-dealkylation sites (tertiary alicyclic amines) is 1. The molecule has 2 amide bonds. The van der Waals surface area contributed by atoms with Crippen LogP contribution in [-0.2, 0) is 6.42 Å². The minimum Gasteiger partial charge on any atom is -0.369 e. The summed E-state index contributed by atoms with van der Waals surface area (Å²) in [4.78, 5) is 36.7. The summed E-state index contributed by atoms with van der Waals surface area (Å²) in [5.41, 5.74) is 2.84. The van der Waals surface area contributed by atoms with Crippen molar-refractivity contribution >= 4 is 23.6 Å². The number of benzene rings is 1. The molecular weight excluding hydrogens is 404 g/mol. The molecule has 0 bridgehead atoms. The highest BCUT2D eigenvalue weighted by Crippen LogP contribution is 2.26. The average Bonchev–Trinajstić information content (AvgIpc) is 3.27. The number of fused-ring (bicyclic) bond motifs is 1. The topological polar surface area (TPSA) is 99.2 Å². The number of piperidine rings is 1. The monoisotopic (exact) mass is 436 g/mol. The van der Waals surface area contributed by atoms with Crippen molar-refractivity contribution < 1.29 is 9.59 Å². The quantitative estimate of drug-likeness (QED) is 0.642. The van der Waals surface area contributed by atoms with Gasteiger partial charge in [-0.3, -0.25) is 19.8 Å². The fourth-order valence-corrected chi connectivity index (χ4v) is 4.35. The number of hydrogen-bond donors (Lipinski definition) is 3. The summed E-state index contributed by atoms with van der Waals surface area (Å²) in [6.07, 6.45) is 4.49. The first-order valence-electron chi connectivity index (χ1n) is 11.5. The molecule has 2 aliphatic heterocycles. The zero-order valence-corrected chi connectivity index (χ0v) is 19.1. The summed E-state index contributed by atoms with van der Waals surface area (Å²) in [6.45, 7) is 8.96. The molecule has 1 fully saturated rings. The highest BCUT2D eigenvalue weighted by molar-refractivity contribution is 6.04. The van der Waals surface area contributed by atoms with E-state index in [0.29, 0.717) is 36.1 Å². The lowest BCUT2D eigenvalue weighted by Gasteiger charge is -2.32. The van der Waals surface area contributed by atoms with E-state index in [1.165, 1.54) is 24.8 Å². The number of hydrogen-bond acceptors (Lipinski definition) is 6. The van der Waals surface area contributed by atoms with Crippen LogP contribution in [0.25, 0.3) is 0 Å². The van der Waals surface area contributed by atoms with Gasteiger partial charge in [0.25, 0.3) is 11.8 Å². The van der Waals surface area contributed by atoms with Crippen LogP contribution < -0.4 is 16.0 Å². The van der Waals surface area contributed by atoms with Crippen LogP contribution in [-0.4, -0.2) is 52.4 Å². The Balaban J connectivity index is 1.48. The van der Waals surface area contributed by atoms with Crippen LogP contribution in [0.3, 0.4) is 0 Å². The van der Waals surface area contributed by atoms with Crippen molar-refractivity contribution in [2.75, 3.05) is 30.3 Å². The molecule has 2 aliphatic rings. The summed E-state index contributed by atoms with van der Waals surface area (Å²) in [5, 5.41) is 8.79. The van der Waals surface area contributed by atoms with Gasteiger partial charge in [-0.1, -0.05) is 18.6 Å². The molecule has 0 spiro atoms. The molecule has 1 aromatic heterocycles. The number of carbonyl (C=O) groups is 2. The molecule has 0 radical (unpaired) electrons. The maximum Gasteiger partial charge on any atom is 0.270 e. The van der Waals surface area contributed by atoms with Crippen LogP contribution in [0.2, 0.25) is 0 Å². The maximum atomic E-state index is 12.8. The Hall–Kier alpha value is -3.00. The summed E-state index contributed by atoms with van der Waals surface area (Å²) < 4.78 is 0. The van der Waals surface area contributed by atoms with Gasteiger partial charge < -0.3 is 10.6 Å². The molecule has 2 aromatic rings. The van der Waals surface area contributed by atoms with E-state index in [2.05, 4.69) is 37.7 Å². The number of rotatable bonds is 6. The van der Waals surface area contributed by atoms with Crippen LogP contribution in [0.1, 0.15) is 78.0 Å². The molecule has 0 saturated carbocycles. The van der Waals surface area contributed by atoms with E-state index < -0.39 is 0 Å². The molecule has 8 nitrogen and oxygen atoms in total. The Kier molecular flexibility index (Phi) is 6.69. The van der Waals surface area contributed by atoms with Crippen molar-refractivity contribution in [1.82, 2.24) is 20.2 Å². The van der Waals surface area contributed by atoms with Crippen molar-refractivity contribution in [2.24, 2.45) is 0 Å². The summed E-state index contributed by atoms with van der Waals surface area (Å²) in [7, 11) is 0. The van der Waals surface area contributed by atoms with E-state index in [0.717, 1.165) is 18.7 Å². The zero-order valence-electron chi connectivity index (χ0n) is 19.1. The fourth-order valence-electron chi connectivity index (χ4n) is 4.35. The van der Waals surface area contributed by atoms with Crippen molar-refractivity contribution in [3.05, 3.63) is 46.6 Å². The first-order chi connectivity index (χ1) is 15.4. The lowest BCUT2D eigenvalue weighted by Crippen LogP contribution is -2.32. The molecule has 32 heavy (non-hydrogen) atoms. The molecule has 0 aliphatic carbocycles. The van der Waals surface area contributed by atoms with Crippen molar-refractivity contribution in [2.45, 2.75) is 58.5 Å². The predicted octanol–water partition coefficient (Wildman–Crippen LogP) is 3.38. The average molecular weight is 437 g/mol. The molecule has 3 heterocycles.